The quantitative estimate of drug-likeness (QED) is 0.363. The number of rotatable bonds is 5. The minimum atomic E-state index is 0.00770. The lowest BCUT2D eigenvalue weighted by Gasteiger charge is -2.18. The number of imidazole rings is 1. The van der Waals surface area contributed by atoms with Crippen molar-refractivity contribution < 1.29 is 0 Å². The number of hydrogen-bond donors (Lipinski definition) is 2. The fourth-order valence-electron chi connectivity index (χ4n) is 3.96. The van der Waals surface area contributed by atoms with Crippen molar-refractivity contribution in [2.45, 2.75) is 26.2 Å². The number of fused-ring (bicyclic) bond motifs is 1. The molecule has 0 aliphatic rings. The van der Waals surface area contributed by atoms with E-state index in [0.717, 1.165) is 45.4 Å². The van der Waals surface area contributed by atoms with Crippen LogP contribution in [0.5, 0.6) is 0 Å². The van der Waals surface area contributed by atoms with Crippen molar-refractivity contribution in [1.82, 2.24) is 29.7 Å². The Balaban J connectivity index is 1.34. The number of para-hydroxylation sites is 2. The van der Waals surface area contributed by atoms with Crippen molar-refractivity contribution in [2.75, 3.05) is 17.3 Å². The maximum atomic E-state index is 4.69. The van der Waals surface area contributed by atoms with Crippen LogP contribution in [-0.2, 0) is 12.5 Å². The van der Waals surface area contributed by atoms with Crippen LogP contribution in [0.4, 0.5) is 23.3 Å². The number of H-pyrrole nitrogens is 1. The van der Waals surface area contributed by atoms with Crippen LogP contribution in [0.3, 0.4) is 0 Å². The Morgan fingerprint density at radius 3 is 2.41 bits per heavy atom. The summed E-state index contributed by atoms with van der Waals surface area (Å²) in [5, 5.41) is 7.97. The monoisotopic (exact) mass is 452 g/mol. The maximum absolute atomic E-state index is 4.69. The maximum Gasteiger partial charge on any atom is 0.229 e. The van der Waals surface area contributed by atoms with Gasteiger partial charge < -0.3 is 15.2 Å². The van der Waals surface area contributed by atoms with Gasteiger partial charge in [0.25, 0.3) is 0 Å². The first-order valence-electron chi connectivity index (χ1n) is 11.2. The molecule has 0 aliphatic heterocycles. The van der Waals surface area contributed by atoms with E-state index in [-0.39, 0.29) is 5.41 Å². The second-order valence-corrected chi connectivity index (χ2v) is 9.36. The molecule has 5 rings (SSSR count). The number of hydrogen-bond acceptors (Lipinski definition) is 6. The van der Waals surface area contributed by atoms with Gasteiger partial charge in [0, 0.05) is 48.7 Å². The molecule has 0 amide bonds. The molecular weight excluding hydrogens is 424 g/mol. The third-order valence-corrected chi connectivity index (χ3v) is 5.77. The molecule has 8 heteroatoms. The molecule has 0 atom stereocenters. The molecule has 0 spiro atoms. The van der Waals surface area contributed by atoms with E-state index >= 15 is 0 Å². The van der Waals surface area contributed by atoms with Gasteiger partial charge in [-0.25, -0.2) is 9.97 Å². The van der Waals surface area contributed by atoms with Crippen LogP contribution in [-0.4, -0.2) is 36.8 Å². The van der Waals surface area contributed by atoms with Gasteiger partial charge in [-0.05, 0) is 42.5 Å². The first-order valence-corrected chi connectivity index (χ1v) is 11.2. The molecule has 8 nitrogen and oxygen atoms in total. The molecule has 0 aliphatic carbocycles. The topological polar surface area (TPSA) is 87.5 Å². The molecule has 0 fully saturated rings. The van der Waals surface area contributed by atoms with E-state index in [9.17, 15) is 0 Å². The highest BCUT2D eigenvalue weighted by molar-refractivity contribution is 5.79. The molecule has 2 aromatic carbocycles. The lowest BCUT2D eigenvalue weighted by atomic mass is 9.92. The van der Waals surface area contributed by atoms with E-state index in [4.69, 9.17) is 4.98 Å². The van der Waals surface area contributed by atoms with Crippen molar-refractivity contribution in [3.8, 4) is 11.4 Å². The first-order chi connectivity index (χ1) is 16.3. The van der Waals surface area contributed by atoms with Gasteiger partial charge in [-0.2, -0.15) is 10.1 Å². The number of aromatic amines is 1. The third kappa shape index (κ3) is 4.22. The molecule has 0 bridgehead atoms. The molecule has 0 radical (unpaired) electrons. The van der Waals surface area contributed by atoms with Gasteiger partial charge >= 0.3 is 0 Å². The van der Waals surface area contributed by atoms with Crippen LogP contribution in [0.1, 0.15) is 26.5 Å². The molecular formula is C26H28N8. The lowest BCUT2D eigenvalue weighted by Crippen LogP contribution is -2.16. The number of aromatic nitrogens is 6. The SMILES string of the molecule is CN(c1ccnc(Nc2ccc(-c3nc4ccccc4[nH]3)cc2)n1)c1cc(C(C)(C)C)n(C)n1. The normalized spacial score (nSPS) is 11.7. The molecule has 3 aromatic heterocycles. The van der Waals surface area contributed by atoms with E-state index in [1.54, 1.807) is 6.20 Å². The number of aryl methyl sites for hydroxylation is 1. The summed E-state index contributed by atoms with van der Waals surface area (Å²) < 4.78 is 1.93. The zero-order chi connectivity index (χ0) is 23.9. The standard InChI is InChI=1S/C26H28N8/c1-26(2,3)21-16-23(32-34(21)5)33(4)22-14-15-27-25(31-22)28-18-12-10-17(11-13-18)24-29-19-8-6-7-9-20(19)30-24/h6-16H,1-5H3,(H,29,30)(H,27,28,31). The summed E-state index contributed by atoms with van der Waals surface area (Å²) in [6, 6.07) is 20.0. The van der Waals surface area contributed by atoms with Gasteiger partial charge in [0.15, 0.2) is 5.82 Å². The number of nitrogens with zero attached hydrogens (tertiary/aromatic N) is 6. The Labute approximate surface area is 198 Å². The van der Waals surface area contributed by atoms with Crippen LogP contribution in [0.25, 0.3) is 22.4 Å². The summed E-state index contributed by atoms with van der Waals surface area (Å²) in [5.41, 5.74) is 5.06. The zero-order valence-electron chi connectivity index (χ0n) is 20.0. The summed E-state index contributed by atoms with van der Waals surface area (Å²) in [5.74, 6) is 2.97. The Bertz CT molecular complexity index is 1410. The van der Waals surface area contributed by atoms with Crippen molar-refractivity contribution in [3.05, 3.63) is 72.6 Å². The summed E-state index contributed by atoms with van der Waals surface area (Å²) in [6.07, 6.45) is 1.75. The fraction of sp³-hybridized carbons (Fsp3) is 0.231. The average molecular weight is 453 g/mol. The Morgan fingerprint density at radius 1 is 0.941 bits per heavy atom. The van der Waals surface area contributed by atoms with Crippen molar-refractivity contribution >= 4 is 34.3 Å². The van der Waals surface area contributed by atoms with Crippen LogP contribution in [0.15, 0.2) is 66.9 Å². The zero-order valence-corrected chi connectivity index (χ0v) is 20.0. The van der Waals surface area contributed by atoms with Gasteiger partial charge in [0.1, 0.15) is 11.6 Å². The molecule has 0 saturated carbocycles. The smallest absolute Gasteiger partial charge is 0.229 e. The summed E-state index contributed by atoms with van der Waals surface area (Å²) in [4.78, 5) is 19.1. The second-order valence-electron chi connectivity index (χ2n) is 9.36. The Hall–Kier alpha value is -4.20. The predicted molar refractivity (Wildman–Crippen MR) is 137 cm³/mol. The number of benzene rings is 2. The van der Waals surface area contributed by atoms with E-state index in [1.807, 2.05) is 78.3 Å². The van der Waals surface area contributed by atoms with Crippen LogP contribution >= 0.6 is 0 Å². The van der Waals surface area contributed by atoms with Gasteiger partial charge in [-0.3, -0.25) is 4.68 Å². The van der Waals surface area contributed by atoms with E-state index in [0.29, 0.717) is 5.95 Å². The molecule has 5 aromatic rings. The van der Waals surface area contributed by atoms with Crippen LogP contribution < -0.4 is 10.2 Å². The summed E-state index contributed by atoms with van der Waals surface area (Å²) >= 11 is 0. The van der Waals surface area contributed by atoms with Gasteiger partial charge in [0.05, 0.1) is 11.0 Å². The molecule has 0 saturated heterocycles. The fourth-order valence-corrected chi connectivity index (χ4v) is 3.96. The van der Waals surface area contributed by atoms with Gasteiger partial charge in [0.2, 0.25) is 5.95 Å². The highest BCUT2D eigenvalue weighted by Crippen LogP contribution is 2.29. The van der Waals surface area contributed by atoms with Crippen molar-refractivity contribution in [2.24, 2.45) is 7.05 Å². The van der Waals surface area contributed by atoms with E-state index in [1.165, 1.54) is 0 Å². The van der Waals surface area contributed by atoms with Crippen LogP contribution in [0, 0.1) is 0 Å². The van der Waals surface area contributed by atoms with E-state index in [2.05, 4.69) is 52.2 Å². The lowest BCUT2D eigenvalue weighted by molar-refractivity contribution is 0.523. The highest BCUT2D eigenvalue weighted by Gasteiger charge is 2.21. The number of nitrogens with one attached hydrogen (secondary N) is 2. The second kappa shape index (κ2) is 8.30. The molecule has 3 heterocycles. The van der Waals surface area contributed by atoms with E-state index < -0.39 is 0 Å². The van der Waals surface area contributed by atoms with Crippen molar-refractivity contribution in [3.63, 3.8) is 0 Å². The van der Waals surface area contributed by atoms with Gasteiger partial charge in [-0.1, -0.05) is 32.9 Å². The minimum absolute atomic E-state index is 0.00770. The molecule has 172 valence electrons. The largest absolute Gasteiger partial charge is 0.338 e. The average Bonchev–Trinajstić information content (AvgIpc) is 3.43. The Kier molecular flexibility index (Phi) is 5.28. The molecule has 34 heavy (non-hydrogen) atoms. The minimum Gasteiger partial charge on any atom is -0.338 e. The third-order valence-electron chi connectivity index (χ3n) is 5.77. The molecule has 0 unspecified atom stereocenters. The predicted octanol–water partition coefficient (Wildman–Crippen LogP) is 5.56. The van der Waals surface area contributed by atoms with Crippen molar-refractivity contribution in [1.29, 1.82) is 0 Å². The summed E-state index contributed by atoms with van der Waals surface area (Å²) in [6.45, 7) is 6.54. The first kappa shape index (κ1) is 21.6. The van der Waals surface area contributed by atoms with Crippen LogP contribution in [0.2, 0.25) is 0 Å². The molecule has 2 N–H and O–H groups in total. The number of anilines is 4. The summed E-state index contributed by atoms with van der Waals surface area (Å²) in [7, 11) is 3.93. The van der Waals surface area contributed by atoms with Gasteiger partial charge in [-0.15, -0.1) is 0 Å². The highest BCUT2D eigenvalue weighted by atomic mass is 15.4. The Morgan fingerprint density at radius 2 is 1.71 bits per heavy atom.